The van der Waals surface area contributed by atoms with Gasteiger partial charge in [-0.2, -0.15) is 0 Å². The number of methoxy groups -OCH3 is 2. The summed E-state index contributed by atoms with van der Waals surface area (Å²) < 4.78 is 9.70. The van der Waals surface area contributed by atoms with Crippen LogP contribution in [0.5, 0.6) is 5.75 Å². The minimum absolute atomic E-state index is 0.0494. The lowest BCUT2D eigenvalue weighted by atomic mass is 10.0. The highest BCUT2D eigenvalue weighted by molar-refractivity contribution is 6.10. The van der Waals surface area contributed by atoms with Gasteiger partial charge in [0.2, 0.25) is 0 Å². The van der Waals surface area contributed by atoms with Crippen molar-refractivity contribution >= 4 is 29.4 Å². The van der Waals surface area contributed by atoms with Crippen molar-refractivity contribution in [2.45, 2.75) is 19.0 Å². The third kappa shape index (κ3) is 5.17. The molecule has 1 atom stereocenters. The van der Waals surface area contributed by atoms with Gasteiger partial charge in [-0.25, -0.2) is 14.6 Å². The van der Waals surface area contributed by atoms with Gasteiger partial charge in [-0.3, -0.25) is 14.9 Å². The summed E-state index contributed by atoms with van der Waals surface area (Å²) in [6, 6.07) is 7.45. The summed E-state index contributed by atoms with van der Waals surface area (Å²) in [5.74, 6) is -0.906. The minimum Gasteiger partial charge on any atom is -0.497 e. The summed E-state index contributed by atoms with van der Waals surface area (Å²) in [4.78, 5) is 51.9. The number of Topliss-reactive ketones (excluding diaryl/α,β-unsaturated/α-hetero) is 1. The maximum absolute atomic E-state index is 12.1. The van der Waals surface area contributed by atoms with Crippen LogP contribution in [0.1, 0.15) is 38.4 Å². The van der Waals surface area contributed by atoms with E-state index in [2.05, 4.69) is 39.6 Å². The molecule has 172 valence electrons. The fraction of sp³-hybridized carbons (Fsp3) is 0.261. The maximum Gasteiger partial charge on any atom is 0.357 e. The Morgan fingerprint density at radius 2 is 2.00 bits per heavy atom. The first-order chi connectivity index (χ1) is 15.7. The monoisotopic (exact) mass is 452 g/mol. The molecule has 3 heterocycles. The fourth-order valence-corrected chi connectivity index (χ4v) is 3.43. The van der Waals surface area contributed by atoms with E-state index in [-0.39, 0.29) is 17.7 Å². The van der Waals surface area contributed by atoms with Crippen molar-refractivity contribution in [2.75, 3.05) is 21.3 Å². The normalized spacial score (nSPS) is 16.3. The molecule has 33 heavy (non-hydrogen) atoms. The summed E-state index contributed by atoms with van der Waals surface area (Å²) in [7, 11) is 4.91. The molecule has 2 aromatic rings. The van der Waals surface area contributed by atoms with Crippen LogP contribution in [0.15, 0.2) is 43.1 Å². The van der Waals surface area contributed by atoms with Crippen LogP contribution in [-0.2, 0) is 16.1 Å². The molecule has 2 aliphatic rings. The Morgan fingerprint density at radius 3 is 2.64 bits per heavy atom. The van der Waals surface area contributed by atoms with E-state index in [4.69, 9.17) is 4.74 Å². The summed E-state index contributed by atoms with van der Waals surface area (Å²) in [5.41, 5.74) is 3.54. The molecule has 2 N–H and O–H groups in total. The SMILES string of the molecule is C=C1c2cc(OC)ccc2CN1C.COC(=O)c1ncccc1C(=O)CC1NC(=O)NC1=O. The number of carbonyl (C=O) groups excluding carboxylic acids is 4. The third-order valence-corrected chi connectivity index (χ3v) is 5.23. The largest absolute Gasteiger partial charge is 0.497 e. The number of hydrogen-bond donors (Lipinski definition) is 2. The molecule has 2 aliphatic heterocycles. The minimum atomic E-state index is -0.944. The lowest BCUT2D eigenvalue weighted by Gasteiger charge is -2.10. The molecule has 10 heteroatoms. The van der Waals surface area contributed by atoms with E-state index in [0.717, 1.165) is 18.0 Å². The lowest BCUT2D eigenvalue weighted by Crippen LogP contribution is -2.32. The maximum atomic E-state index is 12.1. The molecule has 0 aliphatic carbocycles. The van der Waals surface area contributed by atoms with Crippen molar-refractivity contribution < 1.29 is 28.7 Å². The highest BCUT2D eigenvalue weighted by Gasteiger charge is 2.32. The Hall–Kier alpha value is -4.21. The number of benzene rings is 1. The molecule has 1 unspecified atom stereocenters. The van der Waals surface area contributed by atoms with Crippen molar-refractivity contribution in [3.8, 4) is 5.75 Å². The first-order valence-electron chi connectivity index (χ1n) is 10.00. The number of ether oxygens (including phenoxy) is 2. The molecular weight excluding hydrogens is 428 g/mol. The summed E-state index contributed by atoms with van der Waals surface area (Å²) in [5, 5.41) is 4.33. The lowest BCUT2D eigenvalue weighted by molar-refractivity contribution is -0.120. The van der Waals surface area contributed by atoms with Crippen LogP contribution in [0.3, 0.4) is 0 Å². The van der Waals surface area contributed by atoms with Gasteiger partial charge in [0, 0.05) is 37.5 Å². The predicted molar refractivity (Wildman–Crippen MR) is 118 cm³/mol. The molecule has 1 aromatic carbocycles. The van der Waals surface area contributed by atoms with Crippen LogP contribution >= 0.6 is 0 Å². The van der Waals surface area contributed by atoms with Gasteiger partial charge in [0.15, 0.2) is 11.5 Å². The highest BCUT2D eigenvalue weighted by Crippen LogP contribution is 2.32. The zero-order valence-corrected chi connectivity index (χ0v) is 18.5. The van der Waals surface area contributed by atoms with Crippen molar-refractivity contribution in [2.24, 2.45) is 0 Å². The van der Waals surface area contributed by atoms with E-state index < -0.39 is 29.7 Å². The van der Waals surface area contributed by atoms with Crippen LogP contribution in [0.4, 0.5) is 4.79 Å². The third-order valence-electron chi connectivity index (χ3n) is 5.23. The first kappa shape index (κ1) is 23.5. The quantitative estimate of drug-likeness (QED) is 0.399. The van der Waals surface area contributed by atoms with Gasteiger partial charge in [0.25, 0.3) is 5.91 Å². The van der Waals surface area contributed by atoms with Gasteiger partial charge in [-0.15, -0.1) is 0 Å². The van der Waals surface area contributed by atoms with Crippen LogP contribution in [-0.4, -0.2) is 60.9 Å². The van der Waals surface area contributed by atoms with Gasteiger partial charge < -0.3 is 19.7 Å². The average molecular weight is 452 g/mol. The Bertz CT molecular complexity index is 1130. The summed E-state index contributed by atoms with van der Waals surface area (Å²) >= 11 is 0. The number of rotatable bonds is 5. The number of nitrogens with zero attached hydrogens (tertiary/aromatic N) is 2. The van der Waals surface area contributed by atoms with Crippen molar-refractivity contribution in [3.05, 3.63) is 65.5 Å². The van der Waals surface area contributed by atoms with E-state index in [1.807, 2.05) is 17.4 Å². The van der Waals surface area contributed by atoms with Gasteiger partial charge in [0.05, 0.1) is 19.8 Å². The molecule has 1 fully saturated rings. The number of pyridine rings is 1. The van der Waals surface area contributed by atoms with Crippen molar-refractivity contribution in [1.82, 2.24) is 20.5 Å². The Balaban J connectivity index is 0.000000203. The number of imide groups is 1. The van der Waals surface area contributed by atoms with Crippen LogP contribution in [0, 0.1) is 0 Å². The molecule has 4 rings (SSSR count). The first-order valence-corrected chi connectivity index (χ1v) is 10.00. The molecular formula is C23H24N4O6. The number of esters is 1. The van der Waals surface area contributed by atoms with Gasteiger partial charge in [-0.1, -0.05) is 12.6 Å². The number of amides is 3. The number of aromatic nitrogens is 1. The number of nitrogens with one attached hydrogen (secondary N) is 2. The van der Waals surface area contributed by atoms with E-state index in [9.17, 15) is 19.2 Å². The van der Waals surface area contributed by atoms with E-state index in [0.29, 0.717) is 0 Å². The van der Waals surface area contributed by atoms with Crippen molar-refractivity contribution in [3.63, 3.8) is 0 Å². The Morgan fingerprint density at radius 1 is 1.24 bits per heavy atom. The fourth-order valence-electron chi connectivity index (χ4n) is 3.43. The second-order valence-corrected chi connectivity index (χ2v) is 7.36. The average Bonchev–Trinajstić information content (AvgIpc) is 3.29. The van der Waals surface area contributed by atoms with E-state index in [1.165, 1.54) is 36.6 Å². The standard InChI is InChI=1S/C12H11N3O5.C11H13NO/c1-20-11(18)9-6(3-2-4-13-9)8(16)5-7-10(17)15-12(19)14-7;1-8-11-6-10(13-3)5-4-9(11)7-12(8)2/h2-4,7H,5H2,1H3,(H2,14,15,17,19);4-6H,1,7H2,2-3H3. The van der Waals surface area contributed by atoms with Crippen LogP contribution in [0.25, 0.3) is 5.70 Å². The summed E-state index contributed by atoms with van der Waals surface area (Å²) in [6.07, 6.45) is 1.10. The number of ketones is 1. The molecule has 0 bridgehead atoms. The van der Waals surface area contributed by atoms with E-state index in [1.54, 1.807) is 7.11 Å². The molecule has 1 saturated heterocycles. The molecule has 0 radical (unpaired) electrons. The number of urea groups is 1. The van der Waals surface area contributed by atoms with Gasteiger partial charge in [-0.05, 0) is 29.8 Å². The molecule has 3 amide bonds. The number of fused-ring (bicyclic) bond motifs is 1. The van der Waals surface area contributed by atoms with Crippen LogP contribution in [0.2, 0.25) is 0 Å². The van der Waals surface area contributed by atoms with Crippen LogP contribution < -0.4 is 15.4 Å². The second-order valence-electron chi connectivity index (χ2n) is 7.36. The van der Waals surface area contributed by atoms with Gasteiger partial charge >= 0.3 is 12.0 Å². The molecule has 1 aromatic heterocycles. The smallest absolute Gasteiger partial charge is 0.357 e. The topological polar surface area (TPSA) is 127 Å². The molecule has 10 nitrogen and oxygen atoms in total. The van der Waals surface area contributed by atoms with Crippen molar-refractivity contribution in [1.29, 1.82) is 0 Å². The zero-order valence-electron chi connectivity index (χ0n) is 18.5. The van der Waals surface area contributed by atoms with E-state index >= 15 is 0 Å². The Labute approximate surface area is 190 Å². The molecule has 0 saturated carbocycles. The summed E-state index contributed by atoms with van der Waals surface area (Å²) in [6.45, 7) is 4.98. The number of hydrogen-bond acceptors (Lipinski definition) is 8. The zero-order chi connectivity index (χ0) is 24.1. The highest BCUT2D eigenvalue weighted by atomic mass is 16.5. The predicted octanol–water partition coefficient (Wildman–Crippen LogP) is 1.76. The molecule has 0 spiro atoms. The second kappa shape index (κ2) is 9.94. The number of carbonyl (C=O) groups is 4. The van der Waals surface area contributed by atoms with Gasteiger partial charge in [0.1, 0.15) is 11.8 Å². The Kier molecular flexibility index (Phi) is 7.07.